The van der Waals surface area contributed by atoms with Gasteiger partial charge in [-0.2, -0.15) is 0 Å². The summed E-state index contributed by atoms with van der Waals surface area (Å²) >= 11 is 1.56. The van der Waals surface area contributed by atoms with Gasteiger partial charge in [0.2, 0.25) is 11.8 Å². The maximum absolute atomic E-state index is 14.0. The molecule has 3 heterocycles. The van der Waals surface area contributed by atoms with Crippen LogP contribution in [0.1, 0.15) is 29.3 Å². The Kier molecular flexibility index (Phi) is 8.00. The number of nitrogens with one attached hydrogen (secondary N) is 1. The van der Waals surface area contributed by atoms with Gasteiger partial charge in [-0.05, 0) is 54.1 Å². The molecule has 2 amide bonds. The van der Waals surface area contributed by atoms with Crippen molar-refractivity contribution in [2.75, 3.05) is 32.1 Å². The smallest absolute Gasteiger partial charge is 0.247 e. The minimum absolute atomic E-state index is 0.00122. The number of rotatable bonds is 10. The number of benzene rings is 2. The molecule has 0 saturated carbocycles. The Hall–Kier alpha value is -3.76. The van der Waals surface area contributed by atoms with E-state index in [-0.39, 0.29) is 24.5 Å². The number of carbonyl (C=O) groups excluding carboxylic acids is 2. The molecule has 5 rings (SSSR count). The molecule has 10 heteroatoms. The molecule has 198 valence electrons. The second kappa shape index (κ2) is 11.7. The first-order valence-corrected chi connectivity index (χ1v) is 13.6. The van der Waals surface area contributed by atoms with Crippen molar-refractivity contribution in [3.63, 3.8) is 0 Å². The fraction of sp³-hybridized carbons (Fsp3) is 0.357. The Morgan fingerprint density at radius 1 is 1.13 bits per heavy atom. The Bertz CT molecular complexity index is 1360. The first kappa shape index (κ1) is 25.9. The van der Waals surface area contributed by atoms with Crippen molar-refractivity contribution in [1.82, 2.24) is 25.2 Å². The van der Waals surface area contributed by atoms with Crippen LogP contribution in [0.25, 0.3) is 11.0 Å². The Balaban J connectivity index is 1.48. The molecule has 1 fully saturated rings. The van der Waals surface area contributed by atoms with Crippen molar-refractivity contribution in [1.29, 1.82) is 0 Å². The van der Waals surface area contributed by atoms with E-state index in [0.717, 1.165) is 40.0 Å². The number of para-hydroxylation sites is 1. The molecule has 1 saturated heterocycles. The van der Waals surface area contributed by atoms with Crippen LogP contribution in [0.3, 0.4) is 0 Å². The van der Waals surface area contributed by atoms with E-state index in [2.05, 4.69) is 15.6 Å². The predicted molar refractivity (Wildman–Crippen MR) is 148 cm³/mol. The molecule has 1 aliphatic rings. The molecule has 2 aromatic carbocycles. The van der Waals surface area contributed by atoms with Gasteiger partial charge in [0.1, 0.15) is 18.1 Å². The summed E-state index contributed by atoms with van der Waals surface area (Å²) in [6, 6.07) is 18.4. The van der Waals surface area contributed by atoms with Gasteiger partial charge in [0.05, 0.1) is 18.2 Å². The SMILES string of the molecule is CN(C)c1ccc([C@@H](C(=O)NC[C@@H]2CCCO2)N(Cc2cccs2)C(=O)Cn2nnc3ccccc32)cc1. The van der Waals surface area contributed by atoms with Gasteiger partial charge in [0.25, 0.3) is 0 Å². The summed E-state index contributed by atoms with van der Waals surface area (Å²) < 4.78 is 7.31. The summed E-state index contributed by atoms with van der Waals surface area (Å²) in [4.78, 5) is 32.4. The van der Waals surface area contributed by atoms with Crippen LogP contribution < -0.4 is 10.2 Å². The zero-order chi connectivity index (χ0) is 26.5. The highest BCUT2D eigenvalue weighted by Crippen LogP contribution is 2.28. The van der Waals surface area contributed by atoms with Crippen molar-refractivity contribution in [2.24, 2.45) is 0 Å². The minimum atomic E-state index is -0.822. The number of ether oxygens (including phenoxy) is 1. The summed E-state index contributed by atoms with van der Waals surface area (Å²) in [6.45, 7) is 1.40. The zero-order valence-corrected chi connectivity index (χ0v) is 22.4. The second-order valence-electron chi connectivity index (χ2n) is 9.61. The van der Waals surface area contributed by atoms with Crippen LogP contribution in [-0.2, 0) is 27.4 Å². The highest BCUT2D eigenvalue weighted by atomic mass is 32.1. The average Bonchev–Trinajstić information content (AvgIpc) is 3.71. The number of anilines is 1. The van der Waals surface area contributed by atoms with E-state index >= 15 is 0 Å². The highest BCUT2D eigenvalue weighted by Gasteiger charge is 2.33. The Morgan fingerprint density at radius 2 is 1.95 bits per heavy atom. The van der Waals surface area contributed by atoms with Gasteiger partial charge in [-0.3, -0.25) is 9.59 Å². The van der Waals surface area contributed by atoms with Gasteiger partial charge in [-0.25, -0.2) is 4.68 Å². The number of hydrogen-bond donors (Lipinski definition) is 1. The Morgan fingerprint density at radius 3 is 2.66 bits per heavy atom. The summed E-state index contributed by atoms with van der Waals surface area (Å²) in [5.41, 5.74) is 3.24. The number of amides is 2. The van der Waals surface area contributed by atoms with Gasteiger partial charge in [-0.15, -0.1) is 16.4 Å². The summed E-state index contributed by atoms with van der Waals surface area (Å²) in [5.74, 6) is -0.450. The number of hydrogen-bond acceptors (Lipinski definition) is 7. The van der Waals surface area contributed by atoms with Crippen LogP contribution in [0.15, 0.2) is 66.0 Å². The molecule has 1 aliphatic heterocycles. The number of carbonyl (C=O) groups is 2. The third-order valence-corrected chi connectivity index (χ3v) is 7.61. The van der Waals surface area contributed by atoms with E-state index in [1.165, 1.54) is 0 Å². The van der Waals surface area contributed by atoms with E-state index in [0.29, 0.717) is 19.7 Å². The van der Waals surface area contributed by atoms with Crippen LogP contribution in [-0.4, -0.2) is 65.1 Å². The van der Waals surface area contributed by atoms with Crippen molar-refractivity contribution < 1.29 is 14.3 Å². The average molecular weight is 533 g/mol. The number of aromatic nitrogens is 3. The normalized spacial score (nSPS) is 15.9. The number of thiophene rings is 1. The van der Waals surface area contributed by atoms with E-state index in [9.17, 15) is 9.59 Å². The van der Waals surface area contributed by atoms with Gasteiger partial charge in [-0.1, -0.05) is 35.5 Å². The molecule has 0 unspecified atom stereocenters. The van der Waals surface area contributed by atoms with Gasteiger partial charge in [0, 0.05) is 37.8 Å². The number of fused-ring (bicyclic) bond motifs is 1. The summed E-state index contributed by atoms with van der Waals surface area (Å²) in [6.07, 6.45) is 1.91. The molecule has 9 nitrogen and oxygen atoms in total. The molecule has 2 aromatic heterocycles. The molecule has 0 bridgehead atoms. The maximum atomic E-state index is 14.0. The largest absolute Gasteiger partial charge is 0.378 e. The van der Waals surface area contributed by atoms with Crippen LogP contribution in [0.2, 0.25) is 0 Å². The van der Waals surface area contributed by atoms with Crippen LogP contribution in [0, 0.1) is 0 Å². The molecule has 38 heavy (non-hydrogen) atoms. The first-order valence-electron chi connectivity index (χ1n) is 12.8. The van der Waals surface area contributed by atoms with Crippen LogP contribution >= 0.6 is 11.3 Å². The lowest BCUT2D eigenvalue weighted by atomic mass is 10.0. The lowest BCUT2D eigenvalue weighted by Crippen LogP contribution is -2.46. The molecule has 4 aromatic rings. The van der Waals surface area contributed by atoms with E-state index in [4.69, 9.17) is 4.74 Å². The van der Waals surface area contributed by atoms with E-state index < -0.39 is 6.04 Å². The monoisotopic (exact) mass is 532 g/mol. The quantitative estimate of drug-likeness (QED) is 0.335. The minimum Gasteiger partial charge on any atom is -0.378 e. The summed E-state index contributed by atoms with van der Waals surface area (Å²) in [5, 5.41) is 13.4. The summed E-state index contributed by atoms with van der Waals surface area (Å²) in [7, 11) is 3.94. The van der Waals surface area contributed by atoms with Gasteiger partial charge < -0.3 is 19.9 Å². The molecule has 2 atom stereocenters. The molecule has 0 radical (unpaired) electrons. The fourth-order valence-corrected chi connectivity index (χ4v) is 5.39. The molecule has 1 N–H and O–H groups in total. The van der Waals surface area contributed by atoms with Crippen molar-refractivity contribution >= 4 is 39.9 Å². The number of nitrogens with zero attached hydrogens (tertiary/aromatic N) is 5. The van der Waals surface area contributed by atoms with Crippen molar-refractivity contribution in [3.05, 3.63) is 76.5 Å². The molecular weight excluding hydrogens is 500 g/mol. The predicted octanol–water partition coefficient (Wildman–Crippen LogP) is 3.62. The van der Waals surface area contributed by atoms with Gasteiger partial charge in [0.15, 0.2) is 0 Å². The van der Waals surface area contributed by atoms with Gasteiger partial charge >= 0.3 is 0 Å². The van der Waals surface area contributed by atoms with Crippen molar-refractivity contribution in [2.45, 2.75) is 38.1 Å². The van der Waals surface area contributed by atoms with Crippen LogP contribution in [0.4, 0.5) is 5.69 Å². The maximum Gasteiger partial charge on any atom is 0.247 e. The molecule has 0 aliphatic carbocycles. The van der Waals surface area contributed by atoms with E-state index in [1.807, 2.05) is 85.0 Å². The standard InChI is InChI=1S/C28H32N6O3S/c1-32(2)21-13-11-20(12-14-21)27(28(36)29-17-22-7-5-15-37-22)33(18-23-8-6-16-38-23)26(35)19-34-25-10-4-3-9-24(25)30-31-34/h3-4,6,8-14,16,22,27H,5,7,15,17-19H2,1-2H3,(H,29,36)/t22-,27-/m0/s1. The van der Waals surface area contributed by atoms with E-state index in [1.54, 1.807) is 20.9 Å². The second-order valence-corrected chi connectivity index (χ2v) is 10.6. The zero-order valence-electron chi connectivity index (χ0n) is 21.6. The third-order valence-electron chi connectivity index (χ3n) is 6.75. The Labute approximate surface area is 226 Å². The van der Waals surface area contributed by atoms with Crippen LogP contribution in [0.5, 0.6) is 0 Å². The molecular formula is C28H32N6O3S. The van der Waals surface area contributed by atoms with Crippen molar-refractivity contribution in [3.8, 4) is 0 Å². The highest BCUT2D eigenvalue weighted by molar-refractivity contribution is 7.09. The lowest BCUT2D eigenvalue weighted by molar-refractivity contribution is -0.142. The third kappa shape index (κ3) is 5.87. The fourth-order valence-electron chi connectivity index (χ4n) is 4.69. The molecule has 0 spiro atoms. The lowest BCUT2D eigenvalue weighted by Gasteiger charge is -2.31. The topological polar surface area (TPSA) is 92.6 Å². The first-order chi connectivity index (χ1) is 18.5.